The highest BCUT2D eigenvalue weighted by atomic mass is 35.5. The normalized spacial score (nSPS) is 11.9. The van der Waals surface area contributed by atoms with E-state index in [0.29, 0.717) is 44.0 Å². The number of rotatable bonds is 8. The van der Waals surface area contributed by atoms with Crippen LogP contribution in [0.5, 0.6) is 5.75 Å². The Balaban J connectivity index is 1.65. The molecule has 1 aromatic heterocycles. The summed E-state index contributed by atoms with van der Waals surface area (Å²) >= 11 is 19.4. The third kappa shape index (κ3) is 5.82. The lowest BCUT2D eigenvalue weighted by molar-refractivity contribution is -0.113. The van der Waals surface area contributed by atoms with E-state index < -0.39 is 0 Å². The molecule has 1 atom stereocenters. The first-order valence-electron chi connectivity index (χ1n) is 9.10. The van der Waals surface area contributed by atoms with Gasteiger partial charge in [0.25, 0.3) is 0 Å². The summed E-state index contributed by atoms with van der Waals surface area (Å²) in [4.78, 5) is 12.3. The summed E-state index contributed by atoms with van der Waals surface area (Å²) in [5.41, 5.74) is 0.539. The first-order valence-corrected chi connectivity index (χ1v) is 11.2. The summed E-state index contributed by atoms with van der Waals surface area (Å²) < 4.78 is 7.86. The molecule has 1 amide bonds. The number of nitrogens with one attached hydrogen (secondary N) is 1. The van der Waals surface area contributed by atoms with Crippen molar-refractivity contribution in [3.63, 3.8) is 0 Å². The quantitative estimate of drug-likeness (QED) is 0.389. The molecule has 0 saturated carbocycles. The number of anilines is 1. The van der Waals surface area contributed by atoms with Gasteiger partial charge in [0.2, 0.25) is 5.91 Å². The smallest absolute Gasteiger partial charge is 0.234 e. The molecular formula is C20H19Cl3N4O2S. The molecule has 0 saturated heterocycles. The van der Waals surface area contributed by atoms with E-state index in [1.165, 1.54) is 11.8 Å². The van der Waals surface area contributed by atoms with E-state index in [9.17, 15) is 4.79 Å². The van der Waals surface area contributed by atoms with Gasteiger partial charge >= 0.3 is 0 Å². The van der Waals surface area contributed by atoms with E-state index in [1.54, 1.807) is 30.3 Å². The molecule has 0 spiro atoms. The van der Waals surface area contributed by atoms with Crippen LogP contribution in [0.25, 0.3) is 0 Å². The first-order chi connectivity index (χ1) is 14.4. The van der Waals surface area contributed by atoms with E-state index in [0.717, 1.165) is 0 Å². The molecule has 0 fully saturated rings. The van der Waals surface area contributed by atoms with Gasteiger partial charge in [-0.05, 0) is 44.2 Å². The Morgan fingerprint density at radius 2 is 1.87 bits per heavy atom. The fraction of sp³-hybridized carbons (Fsp3) is 0.250. The highest BCUT2D eigenvalue weighted by Gasteiger charge is 2.20. The number of amides is 1. The molecule has 3 aromatic rings. The second-order valence-electron chi connectivity index (χ2n) is 6.27. The molecule has 1 unspecified atom stereocenters. The lowest BCUT2D eigenvalue weighted by atomic mass is 10.3. The average molecular weight is 486 g/mol. The largest absolute Gasteiger partial charge is 0.481 e. The van der Waals surface area contributed by atoms with Crippen LogP contribution >= 0.6 is 46.6 Å². The van der Waals surface area contributed by atoms with Gasteiger partial charge in [0.15, 0.2) is 17.1 Å². The zero-order chi connectivity index (χ0) is 21.7. The number of carbonyl (C=O) groups excluding carboxylic acids is 1. The Morgan fingerprint density at radius 3 is 2.53 bits per heavy atom. The van der Waals surface area contributed by atoms with Crippen molar-refractivity contribution in [2.45, 2.75) is 31.7 Å². The molecule has 30 heavy (non-hydrogen) atoms. The summed E-state index contributed by atoms with van der Waals surface area (Å²) in [7, 11) is 0. The van der Waals surface area contributed by atoms with Gasteiger partial charge in [0.1, 0.15) is 5.75 Å². The summed E-state index contributed by atoms with van der Waals surface area (Å²) in [6.45, 7) is 4.49. The number of nitrogens with zero attached hydrogens (tertiary/aromatic N) is 3. The van der Waals surface area contributed by atoms with Crippen LogP contribution in [0.1, 0.15) is 25.8 Å². The third-order valence-electron chi connectivity index (χ3n) is 4.04. The Hall–Kier alpha value is -1.93. The van der Waals surface area contributed by atoms with Crippen molar-refractivity contribution in [1.82, 2.24) is 14.8 Å². The van der Waals surface area contributed by atoms with E-state index in [-0.39, 0.29) is 17.8 Å². The van der Waals surface area contributed by atoms with Crippen molar-refractivity contribution in [3.8, 4) is 5.75 Å². The van der Waals surface area contributed by atoms with Crippen LogP contribution in [0, 0.1) is 0 Å². The van der Waals surface area contributed by atoms with Gasteiger partial charge in [-0.25, -0.2) is 0 Å². The molecule has 1 heterocycles. The van der Waals surface area contributed by atoms with Gasteiger partial charge < -0.3 is 14.6 Å². The van der Waals surface area contributed by atoms with Gasteiger partial charge in [-0.2, -0.15) is 0 Å². The summed E-state index contributed by atoms with van der Waals surface area (Å²) in [6.07, 6.45) is -0.367. The predicted octanol–water partition coefficient (Wildman–Crippen LogP) is 6.13. The molecule has 0 aliphatic heterocycles. The molecule has 0 aliphatic carbocycles. The maximum atomic E-state index is 12.3. The molecule has 0 radical (unpaired) electrons. The van der Waals surface area contributed by atoms with Crippen molar-refractivity contribution >= 4 is 58.2 Å². The molecule has 158 valence electrons. The van der Waals surface area contributed by atoms with E-state index in [2.05, 4.69) is 15.5 Å². The maximum Gasteiger partial charge on any atom is 0.234 e. The zero-order valence-electron chi connectivity index (χ0n) is 16.2. The van der Waals surface area contributed by atoms with Crippen molar-refractivity contribution < 1.29 is 9.53 Å². The van der Waals surface area contributed by atoms with Crippen LogP contribution < -0.4 is 10.1 Å². The van der Waals surface area contributed by atoms with Crippen molar-refractivity contribution in [1.29, 1.82) is 0 Å². The molecule has 6 nitrogen and oxygen atoms in total. The van der Waals surface area contributed by atoms with Crippen LogP contribution in [-0.2, 0) is 11.3 Å². The molecule has 0 aliphatic rings. The highest BCUT2D eigenvalue weighted by molar-refractivity contribution is 7.99. The fourth-order valence-corrected chi connectivity index (χ4v) is 4.26. The number of aromatic nitrogens is 3. The van der Waals surface area contributed by atoms with Crippen molar-refractivity contribution in [2.75, 3.05) is 11.1 Å². The molecule has 1 N–H and O–H groups in total. The number of thioether (sulfide) groups is 1. The number of halogens is 3. The van der Waals surface area contributed by atoms with Gasteiger partial charge in [-0.1, -0.05) is 58.7 Å². The van der Waals surface area contributed by atoms with E-state index in [4.69, 9.17) is 39.5 Å². The summed E-state index contributed by atoms with van der Waals surface area (Å²) in [6, 6.07) is 12.1. The molecular weight excluding hydrogens is 467 g/mol. The Kier molecular flexibility index (Phi) is 7.88. The monoisotopic (exact) mass is 484 g/mol. The number of benzene rings is 2. The van der Waals surface area contributed by atoms with Gasteiger partial charge in [0.05, 0.1) is 10.8 Å². The first kappa shape index (κ1) is 22.7. The standard InChI is InChI=1S/C20H19Cl3N4O2S/c1-3-27-19(12(2)29-17-7-5-4-6-16(17)23)25-26-20(27)30-11-18(28)24-15-9-13(21)8-14(22)10-15/h4-10,12H,3,11H2,1-2H3,(H,24,28). The Morgan fingerprint density at radius 1 is 1.17 bits per heavy atom. The second-order valence-corrected chi connectivity index (χ2v) is 8.49. The van der Waals surface area contributed by atoms with Gasteiger partial charge in [0, 0.05) is 22.3 Å². The van der Waals surface area contributed by atoms with Gasteiger partial charge in [-0.3, -0.25) is 4.79 Å². The minimum absolute atomic E-state index is 0.155. The number of hydrogen-bond acceptors (Lipinski definition) is 5. The minimum Gasteiger partial charge on any atom is -0.481 e. The van der Waals surface area contributed by atoms with Crippen molar-refractivity contribution in [2.24, 2.45) is 0 Å². The van der Waals surface area contributed by atoms with Crippen molar-refractivity contribution in [3.05, 3.63) is 63.4 Å². The summed E-state index contributed by atoms with van der Waals surface area (Å²) in [5, 5.41) is 13.3. The van der Waals surface area contributed by atoms with Crippen LogP contribution in [0.2, 0.25) is 15.1 Å². The number of ether oxygens (including phenoxy) is 1. The molecule has 0 bridgehead atoms. The SMILES string of the molecule is CCn1c(SCC(=O)Nc2cc(Cl)cc(Cl)c2)nnc1C(C)Oc1ccccc1Cl. The van der Waals surface area contributed by atoms with Gasteiger partial charge in [-0.15, -0.1) is 10.2 Å². The lowest BCUT2D eigenvalue weighted by Gasteiger charge is -2.16. The molecule has 3 rings (SSSR count). The second kappa shape index (κ2) is 10.4. The highest BCUT2D eigenvalue weighted by Crippen LogP contribution is 2.29. The fourth-order valence-electron chi connectivity index (χ4n) is 2.74. The molecule has 10 heteroatoms. The lowest BCUT2D eigenvalue weighted by Crippen LogP contribution is -2.15. The van der Waals surface area contributed by atoms with E-state index in [1.807, 2.05) is 30.5 Å². The molecule has 2 aromatic carbocycles. The minimum atomic E-state index is -0.367. The predicted molar refractivity (Wildman–Crippen MR) is 122 cm³/mol. The number of para-hydroxylation sites is 1. The maximum absolute atomic E-state index is 12.3. The summed E-state index contributed by atoms with van der Waals surface area (Å²) in [5.74, 6) is 1.18. The number of hydrogen-bond donors (Lipinski definition) is 1. The van der Waals surface area contributed by atoms with Crippen LogP contribution in [0.15, 0.2) is 47.6 Å². The topological polar surface area (TPSA) is 69.0 Å². The van der Waals surface area contributed by atoms with Crippen LogP contribution in [0.3, 0.4) is 0 Å². The Labute approximate surface area is 193 Å². The van der Waals surface area contributed by atoms with Crippen LogP contribution in [0.4, 0.5) is 5.69 Å². The average Bonchev–Trinajstić information content (AvgIpc) is 3.10. The zero-order valence-corrected chi connectivity index (χ0v) is 19.3. The van der Waals surface area contributed by atoms with E-state index >= 15 is 0 Å². The van der Waals surface area contributed by atoms with Crippen LogP contribution in [-0.4, -0.2) is 26.4 Å². The third-order valence-corrected chi connectivity index (χ3v) is 5.76. The Bertz CT molecular complexity index is 1020. The number of carbonyl (C=O) groups is 1.